The van der Waals surface area contributed by atoms with Gasteiger partial charge in [0.15, 0.2) is 0 Å². The molecule has 0 aromatic rings. The minimum atomic E-state index is -0.242. The normalized spacial score (nSPS) is 26.8. The molecule has 0 saturated carbocycles. The van der Waals surface area contributed by atoms with Crippen LogP contribution in [0.25, 0.3) is 0 Å². The predicted octanol–water partition coefficient (Wildman–Crippen LogP) is 0.642. The first-order valence-corrected chi connectivity index (χ1v) is 10.7. The molecule has 7 nitrogen and oxygen atoms in total. The molecule has 0 aliphatic carbocycles. The molecule has 3 rings (SSSR count). The van der Waals surface area contributed by atoms with Gasteiger partial charge in [-0.15, -0.1) is 0 Å². The van der Waals surface area contributed by atoms with Gasteiger partial charge in [0.05, 0.1) is 6.54 Å². The van der Waals surface area contributed by atoms with Gasteiger partial charge in [-0.05, 0) is 32.6 Å². The molecule has 2 amide bonds. The molecule has 3 fully saturated rings. The smallest absolute Gasteiger partial charge is 0.251 e. The summed E-state index contributed by atoms with van der Waals surface area (Å²) in [5, 5.41) is 0. The number of ether oxygens (including phenoxy) is 1. The summed E-state index contributed by atoms with van der Waals surface area (Å²) in [6, 6.07) is 0.598. The van der Waals surface area contributed by atoms with Crippen molar-refractivity contribution in [2.24, 2.45) is 0 Å². The fourth-order valence-corrected chi connectivity index (χ4v) is 4.23. The highest BCUT2D eigenvalue weighted by Crippen LogP contribution is 2.16. The number of nitrogens with zero attached hydrogens (tertiary/aromatic N) is 4. The summed E-state index contributed by atoms with van der Waals surface area (Å²) >= 11 is 0. The Kier molecular flexibility index (Phi) is 7.49. The highest BCUT2D eigenvalue weighted by atomic mass is 16.5. The molecule has 0 spiro atoms. The van der Waals surface area contributed by atoms with Crippen LogP contribution in [0, 0.1) is 0 Å². The lowest BCUT2D eigenvalue weighted by molar-refractivity contribution is -0.148. The van der Waals surface area contributed by atoms with Gasteiger partial charge >= 0.3 is 0 Å². The van der Waals surface area contributed by atoms with Crippen LogP contribution in [0.1, 0.15) is 39.5 Å². The van der Waals surface area contributed by atoms with Crippen molar-refractivity contribution in [2.75, 3.05) is 65.5 Å². The minimum Gasteiger partial charge on any atom is -0.368 e. The van der Waals surface area contributed by atoms with Crippen LogP contribution in [0.4, 0.5) is 0 Å². The Morgan fingerprint density at radius 3 is 2.22 bits per heavy atom. The SMILES string of the molecule is CCC(C)N1CCN(C(=O)CN2CCN(C(=O)C3CCCCO3)CC2)CC1. The zero-order valence-electron chi connectivity index (χ0n) is 17.1. The van der Waals surface area contributed by atoms with E-state index in [1.165, 1.54) is 0 Å². The maximum absolute atomic E-state index is 12.6. The summed E-state index contributed by atoms with van der Waals surface area (Å²) in [6.07, 6.45) is 3.90. The van der Waals surface area contributed by atoms with Crippen molar-refractivity contribution in [2.45, 2.75) is 51.7 Å². The lowest BCUT2D eigenvalue weighted by Crippen LogP contribution is -2.56. The van der Waals surface area contributed by atoms with Gasteiger partial charge in [-0.3, -0.25) is 19.4 Å². The second-order valence-corrected chi connectivity index (χ2v) is 8.13. The van der Waals surface area contributed by atoms with Gasteiger partial charge in [-0.2, -0.15) is 0 Å². The highest BCUT2D eigenvalue weighted by molar-refractivity contribution is 5.81. The van der Waals surface area contributed by atoms with E-state index in [4.69, 9.17) is 4.74 Å². The third-order valence-electron chi connectivity index (χ3n) is 6.38. The van der Waals surface area contributed by atoms with Crippen LogP contribution >= 0.6 is 0 Å². The van der Waals surface area contributed by atoms with Crippen LogP contribution in [-0.4, -0.2) is 109 Å². The van der Waals surface area contributed by atoms with Crippen molar-refractivity contribution in [3.05, 3.63) is 0 Å². The van der Waals surface area contributed by atoms with Crippen LogP contribution in [0.3, 0.4) is 0 Å². The number of piperazine rings is 2. The lowest BCUT2D eigenvalue weighted by atomic mass is 10.1. The van der Waals surface area contributed by atoms with E-state index in [1.807, 2.05) is 9.80 Å². The molecule has 154 valence electrons. The Hall–Kier alpha value is -1.18. The Morgan fingerprint density at radius 2 is 1.63 bits per heavy atom. The topological polar surface area (TPSA) is 56.3 Å². The third-order valence-corrected chi connectivity index (χ3v) is 6.38. The third kappa shape index (κ3) is 5.42. The molecular weight excluding hydrogens is 344 g/mol. The molecule has 7 heteroatoms. The zero-order valence-corrected chi connectivity index (χ0v) is 17.1. The van der Waals surface area contributed by atoms with E-state index in [0.29, 0.717) is 32.3 Å². The molecule has 0 bridgehead atoms. The van der Waals surface area contributed by atoms with E-state index in [1.54, 1.807) is 0 Å². The molecule has 3 saturated heterocycles. The summed E-state index contributed by atoms with van der Waals surface area (Å²) in [7, 11) is 0. The Bertz CT molecular complexity index is 493. The molecule has 0 N–H and O–H groups in total. The summed E-state index contributed by atoms with van der Waals surface area (Å²) in [5.74, 6) is 0.371. The van der Waals surface area contributed by atoms with Gasteiger partial charge in [-0.1, -0.05) is 6.92 Å². The van der Waals surface area contributed by atoms with Gasteiger partial charge in [0.2, 0.25) is 5.91 Å². The highest BCUT2D eigenvalue weighted by Gasteiger charge is 2.30. The molecule has 0 aromatic carbocycles. The Morgan fingerprint density at radius 1 is 0.963 bits per heavy atom. The van der Waals surface area contributed by atoms with Crippen molar-refractivity contribution < 1.29 is 14.3 Å². The molecule has 3 heterocycles. The average molecular weight is 381 g/mol. The monoisotopic (exact) mass is 380 g/mol. The number of amides is 2. The van der Waals surface area contributed by atoms with Crippen LogP contribution in [0.5, 0.6) is 0 Å². The van der Waals surface area contributed by atoms with Crippen LogP contribution in [0.2, 0.25) is 0 Å². The molecule has 0 aromatic heterocycles. The van der Waals surface area contributed by atoms with Crippen LogP contribution in [-0.2, 0) is 14.3 Å². The first-order valence-electron chi connectivity index (χ1n) is 10.7. The summed E-state index contributed by atoms with van der Waals surface area (Å²) in [6.45, 7) is 12.2. The standard InChI is InChI=1S/C20H36N4O3/c1-3-17(2)22-11-13-23(14-12-22)19(25)16-21-7-9-24(10-8-21)20(26)18-6-4-5-15-27-18/h17-18H,3-16H2,1-2H3. The fraction of sp³-hybridized carbons (Fsp3) is 0.900. The van der Waals surface area contributed by atoms with Crippen LogP contribution < -0.4 is 0 Å². The van der Waals surface area contributed by atoms with Crippen molar-refractivity contribution >= 4 is 11.8 Å². The quantitative estimate of drug-likeness (QED) is 0.701. The zero-order chi connectivity index (χ0) is 19.2. The average Bonchev–Trinajstić information content (AvgIpc) is 2.74. The van der Waals surface area contributed by atoms with Gasteiger partial charge in [0.1, 0.15) is 6.10 Å². The number of carbonyl (C=O) groups excluding carboxylic acids is 2. The van der Waals surface area contributed by atoms with E-state index in [0.717, 1.165) is 65.0 Å². The van der Waals surface area contributed by atoms with E-state index >= 15 is 0 Å². The number of carbonyl (C=O) groups is 2. The van der Waals surface area contributed by atoms with Crippen molar-refractivity contribution in [1.29, 1.82) is 0 Å². The number of hydrogen-bond donors (Lipinski definition) is 0. The van der Waals surface area contributed by atoms with E-state index < -0.39 is 0 Å². The van der Waals surface area contributed by atoms with Crippen molar-refractivity contribution in [3.63, 3.8) is 0 Å². The largest absolute Gasteiger partial charge is 0.368 e. The van der Waals surface area contributed by atoms with E-state index in [9.17, 15) is 9.59 Å². The maximum atomic E-state index is 12.6. The van der Waals surface area contributed by atoms with Crippen molar-refractivity contribution in [1.82, 2.24) is 19.6 Å². The first kappa shape index (κ1) is 20.6. The van der Waals surface area contributed by atoms with Gasteiger partial charge in [0, 0.05) is 65.0 Å². The van der Waals surface area contributed by atoms with Crippen molar-refractivity contribution in [3.8, 4) is 0 Å². The predicted molar refractivity (Wildman–Crippen MR) is 105 cm³/mol. The van der Waals surface area contributed by atoms with E-state index in [2.05, 4.69) is 23.6 Å². The molecule has 3 aliphatic rings. The second kappa shape index (κ2) is 9.85. The van der Waals surface area contributed by atoms with Gasteiger partial charge in [0.25, 0.3) is 5.91 Å². The molecular formula is C20H36N4O3. The lowest BCUT2D eigenvalue weighted by Gasteiger charge is -2.40. The molecule has 2 atom stereocenters. The Balaban J connectivity index is 1.37. The van der Waals surface area contributed by atoms with Gasteiger partial charge < -0.3 is 14.5 Å². The summed E-state index contributed by atoms with van der Waals surface area (Å²) in [4.78, 5) is 33.8. The first-order chi connectivity index (χ1) is 13.1. The van der Waals surface area contributed by atoms with Crippen LogP contribution in [0.15, 0.2) is 0 Å². The minimum absolute atomic E-state index is 0.141. The second-order valence-electron chi connectivity index (χ2n) is 8.13. The fourth-order valence-electron chi connectivity index (χ4n) is 4.23. The number of hydrogen-bond acceptors (Lipinski definition) is 5. The van der Waals surface area contributed by atoms with Gasteiger partial charge in [-0.25, -0.2) is 0 Å². The maximum Gasteiger partial charge on any atom is 0.251 e. The molecule has 2 unspecified atom stereocenters. The number of rotatable bonds is 5. The Labute approximate surface area is 163 Å². The summed E-state index contributed by atoms with van der Waals surface area (Å²) in [5.41, 5.74) is 0. The van der Waals surface area contributed by atoms with E-state index in [-0.39, 0.29) is 17.9 Å². The summed E-state index contributed by atoms with van der Waals surface area (Å²) < 4.78 is 5.63. The molecule has 3 aliphatic heterocycles. The molecule has 0 radical (unpaired) electrons. The molecule has 27 heavy (non-hydrogen) atoms.